The van der Waals surface area contributed by atoms with Crippen molar-refractivity contribution in [3.8, 4) is 0 Å². The Hall–Kier alpha value is -2.54. The lowest BCUT2D eigenvalue weighted by atomic mass is 10.1. The molecule has 7 nitrogen and oxygen atoms in total. The molecule has 0 bridgehead atoms. The van der Waals surface area contributed by atoms with Gasteiger partial charge in [0.25, 0.3) is 0 Å². The highest BCUT2D eigenvalue weighted by Gasteiger charge is 2.25. The van der Waals surface area contributed by atoms with E-state index >= 15 is 0 Å². The van der Waals surface area contributed by atoms with Crippen molar-refractivity contribution in [1.29, 1.82) is 0 Å². The number of anilines is 1. The fourth-order valence-corrected chi connectivity index (χ4v) is 3.18. The predicted octanol–water partition coefficient (Wildman–Crippen LogP) is 2.62. The summed E-state index contributed by atoms with van der Waals surface area (Å²) in [4.78, 5) is 13.4. The SMILES string of the molecule is COCc1nc2n(n1)CCCC2Nc1ncnc2ccc(C)cc12. The van der Waals surface area contributed by atoms with Gasteiger partial charge in [0.2, 0.25) is 0 Å². The molecule has 7 heteroatoms. The largest absolute Gasteiger partial charge is 0.377 e. The maximum absolute atomic E-state index is 5.15. The summed E-state index contributed by atoms with van der Waals surface area (Å²) in [5.74, 6) is 2.52. The van der Waals surface area contributed by atoms with Crippen molar-refractivity contribution in [2.75, 3.05) is 12.4 Å². The topological polar surface area (TPSA) is 77.8 Å². The van der Waals surface area contributed by atoms with Crippen LogP contribution in [0.5, 0.6) is 0 Å². The lowest BCUT2D eigenvalue weighted by Gasteiger charge is -2.24. The van der Waals surface area contributed by atoms with Gasteiger partial charge in [0.1, 0.15) is 24.6 Å². The molecule has 1 aromatic carbocycles. The Balaban J connectivity index is 1.69. The first kappa shape index (κ1) is 15.0. The average molecular weight is 324 g/mol. The summed E-state index contributed by atoms with van der Waals surface area (Å²) in [5.41, 5.74) is 2.13. The van der Waals surface area contributed by atoms with E-state index in [9.17, 15) is 0 Å². The molecule has 0 fully saturated rings. The van der Waals surface area contributed by atoms with E-state index in [0.29, 0.717) is 6.61 Å². The van der Waals surface area contributed by atoms with Crippen molar-refractivity contribution in [2.45, 2.75) is 39.0 Å². The second kappa shape index (κ2) is 6.16. The molecule has 0 saturated heterocycles. The normalized spacial score (nSPS) is 17.0. The molecule has 1 unspecified atom stereocenters. The van der Waals surface area contributed by atoms with Crippen LogP contribution in [0, 0.1) is 6.92 Å². The highest BCUT2D eigenvalue weighted by Crippen LogP contribution is 2.29. The molecule has 0 spiro atoms. The number of aromatic nitrogens is 5. The van der Waals surface area contributed by atoms with Gasteiger partial charge in [-0.3, -0.25) is 0 Å². The summed E-state index contributed by atoms with van der Waals surface area (Å²) in [6, 6.07) is 6.29. The van der Waals surface area contributed by atoms with Crippen LogP contribution in [0.25, 0.3) is 10.9 Å². The van der Waals surface area contributed by atoms with Gasteiger partial charge < -0.3 is 10.1 Å². The Kier molecular flexibility index (Phi) is 3.86. The maximum Gasteiger partial charge on any atom is 0.176 e. The first-order valence-electron chi connectivity index (χ1n) is 8.15. The van der Waals surface area contributed by atoms with E-state index in [-0.39, 0.29) is 6.04 Å². The summed E-state index contributed by atoms with van der Waals surface area (Å²) in [7, 11) is 1.66. The Morgan fingerprint density at radius 3 is 3.12 bits per heavy atom. The average Bonchev–Trinajstić information content (AvgIpc) is 2.99. The van der Waals surface area contributed by atoms with Crippen molar-refractivity contribution < 1.29 is 4.74 Å². The number of ether oxygens (including phenoxy) is 1. The smallest absolute Gasteiger partial charge is 0.176 e. The lowest BCUT2D eigenvalue weighted by Crippen LogP contribution is -2.23. The molecule has 0 amide bonds. The molecular weight excluding hydrogens is 304 g/mol. The summed E-state index contributed by atoms with van der Waals surface area (Å²) < 4.78 is 7.13. The molecule has 4 rings (SSSR count). The van der Waals surface area contributed by atoms with E-state index in [1.807, 2.05) is 10.7 Å². The molecule has 0 aliphatic carbocycles. The second-order valence-corrected chi connectivity index (χ2v) is 6.12. The zero-order valence-corrected chi connectivity index (χ0v) is 13.9. The van der Waals surface area contributed by atoms with E-state index in [1.54, 1.807) is 13.4 Å². The fraction of sp³-hybridized carbons (Fsp3) is 0.412. The van der Waals surface area contributed by atoms with Crippen LogP contribution >= 0.6 is 0 Å². The van der Waals surface area contributed by atoms with E-state index in [2.05, 4.69) is 44.4 Å². The Bertz CT molecular complexity index is 875. The minimum absolute atomic E-state index is 0.0930. The summed E-state index contributed by atoms with van der Waals surface area (Å²) >= 11 is 0. The third kappa shape index (κ3) is 2.71. The molecule has 3 aromatic rings. The number of fused-ring (bicyclic) bond motifs is 2. The van der Waals surface area contributed by atoms with Crippen LogP contribution in [-0.2, 0) is 17.9 Å². The molecule has 0 radical (unpaired) electrons. The molecular formula is C17H20N6O. The molecule has 1 aliphatic heterocycles. The number of hydrogen-bond donors (Lipinski definition) is 1. The number of rotatable bonds is 4. The van der Waals surface area contributed by atoms with Gasteiger partial charge in [-0.25, -0.2) is 19.6 Å². The van der Waals surface area contributed by atoms with Crippen LogP contribution in [-0.4, -0.2) is 31.8 Å². The van der Waals surface area contributed by atoms with Crippen molar-refractivity contribution in [3.05, 3.63) is 41.7 Å². The first-order valence-corrected chi connectivity index (χ1v) is 8.15. The standard InChI is InChI=1S/C17H20N6O/c1-11-5-6-13-12(8-11)16(19-10-18-13)20-14-4-3-7-23-17(14)21-15(22-23)9-24-2/h5-6,8,10,14H,3-4,7,9H2,1-2H3,(H,18,19,20). The zero-order valence-electron chi connectivity index (χ0n) is 13.9. The Labute approximate surface area is 140 Å². The van der Waals surface area contributed by atoms with E-state index < -0.39 is 0 Å². The van der Waals surface area contributed by atoms with Gasteiger partial charge in [0.05, 0.1) is 11.6 Å². The molecule has 124 valence electrons. The van der Waals surface area contributed by atoms with Crippen molar-refractivity contribution in [2.24, 2.45) is 0 Å². The fourth-order valence-electron chi connectivity index (χ4n) is 3.18. The lowest BCUT2D eigenvalue weighted by molar-refractivity contribution is 0.177. The maximum atomic E-state index is 5.15. The summed E-state index contributed by atoms with van der Waals surface area (Å²) in [6.07, 6.45) is 3.66. The number of aryl methyl sites for hydroxylation is 2. The predicted molar refractivity (Wildman–Crippen MR) is 90.6 cm³/mol. The van der Waals surface area contributed by atoms with E-state index in [0.717, 1.165) is 47.8 Å². The quantitative estimate of drug-likeness (QED) is 0.795. The number of benzene rings is 1. The van der Waals surface area contributed by atoms with Crippen molar-refractivity contribution in [1.82, 2.24) is 24.7 Å². The molecule has 0 saturated carbocycles. The van der Waals surface area contributed by atoms with Crippen LogP contribution < -0.4 is 5.32 Å². The van der Waals surface area contributed by atoms with Gasteiger partial charge in [0, 0.05) is 19.0 Å². The minimum Gasteiger partial charge on any atom is -0.377 e. The highest BCUT2D eigenvalue weighted by atomic mass is 16.5. The highest BCUT2D eigenvalue weighted by molar-refractivity contribution is 5.89. The monoisotopic (exact) mass is 324 g/mol. The van der Waals surface area contributed by atoms with Gasteiger partial charge in [0.15, 0.2) is 5.82 Å². The van der Waals surface area contributed by atoms with Crippen molar-refractivity contribution >= 4 is 16.7 Å². The van der Waals surface area contributed by atoms with E-state index in [4.69, 9.17) is 4.74 Å². The molecule has 1 aliphatic rings. The van der Waals surface area contributed by atoms with Crippen LogP contribution in [0.4, 0.5) is 5.82 Å². The molecule has 3 heterocycles. The van der Waals surface area contributed by atoms with Crippen LogP contribution in [0.1, 0.15) is 36.1 Å². The summed E-state index contributed by atoms with van der Waals surface area (Å²) in [5, 5.41) is 9.10. The van der Waals surface area contributed by atoms with Crippen LogP contribution in [0.15, 0.2) is 24.5 Å². The van der Waals surface area contributed by atoms with E-state index in [1.165, 1.54) is 5.56 Å². The Morgan fingerprint density at radius 1 is 1.33 bits per heavy atom. The molecule has 1 atom stereocenters. The second-order valence-electron chi connectivity index (χ2n) is 6.12. The van der Waals surface area contributed by atoms with Crippen LogP contribution in [0.3, 0.4) is 0 Å². The number of nitrogens with one attached hydrogen (secondary N) is 1. The van der Waals surface area contributed by atoms with Gasteiger partial charge in [-0.2, -0.15) is 5.10 Å². The number of hydrogen-bond acceptors (Lipinski definition) is 6. The van der Waals surface area contributed by atoms with Crippen molar-refractivity contribution in [3.63, 3.8) is 0 Å². The molecule has 2 aromatic heterocycles. The third-order valence-electron chi connectivity index (χ3n) is 4.29. The zero-order chi connectivity index (χ0) is 16.5. The molecule has 24 heavy (non-hydrogen) atoms. The summed E-state index contributed by atoms with van der Waals surface area (Å²) in [6.45, 7) is 3.40. The number of methoxy groups -OCH3 is 1. The van der Waals surface area contributed by atoms with Gasteiger partial charge in [-0.1, -0.05) is 11.6 Å². The minimum atomic E-state index is 0.0930. The van der Waals surface area contributed by atoms with Gasteiger partial charge in [-0.05, 0) is 31.9 Å². The number of nitrogens with zero attached hydrogens (tertiary/aromatic N) is 5. The Morgan fingerprint density at radius 2 is 2.25 bits per heavy atom. The van der Waals surface area contributed by atoms with Crippen LogP contribution in [0.2, 0.25) is 0 Å². The molecule has 1 N–H and O–H groups in total. The first-order chi connectivity index (χ1) is 11.7. The van der Waals surface area contributed by atoms with Gasteiger partial charge >= 0.3 is 0 Å². The van der Waals surface area contributed by atoms with Gasteiger partial charge in [-0.15, -0.1) is 0 Å². The third-order valence-corrected chi connectivity index (χ3v) is 4.29.